The van der Waals surface area contributed by atoms with Crippen LogP contribution in [0.2, 0.25) is 0 Å². The van der Waals surface area contributed by atoms with E-state index >= 15 is 0 Å². The van der Waals surface area contributed by atoms with Gasteiger partial charge in [0.15, 0.2) is 0 Å². The highest BCUT2D eigenvalue weighted by molar-refractivity contribution is 5.85. The smallest absolute Gasteiger partial charge is 0.266 e. The van der Waals surface area contributed by atoms with E-state index in [0.717, 1.165) is 17.8 Å². The van der Waals surface area contributed by atoms with Crippen molar-refractivity contribution in [2.45, 2.75) is 13.0 Å². The molecule has 0 spiro atoms. The molecule has 22 heavy (non-hydrogen) atoms. The predicted molar refractivity (Wildman–Crippen MR) is 77.1 cm³/mol. The zero-order valence-corrected chi connectivity index (χ0v) is 12.1. The van der Waals surface area contributed by atoms with E-state index in [4.69, 9.17) is 0 Å². The van der Waals surface area contributed by atoms with Crippen molar-refractivity contribution in [3.63, 3.8) is 0 Å². The Hall–Kier alpha value is -2.28. The molecule has 0 atom stereocenters. The number of rotatable bonds is 4. The summed E-state index contributed by atoms with van der Waals surface area (Å²) in [5.74, 6) is -0.910. The molecule has 116 valence electrons. The van der Waals surface area contributed by atoms with Gasteiger partial charge in [0, 0.05) is 24.3 Å². The Balaban J connectivity index is 0.00000176. The second-order valence-corrected chi connectivity index (χ2v) is 4.51. The van der Waals surface area contributed by atoms with Crippen molar-refractivity contribution < 1.29 is 13.2 Å². The zero-order chi connectivity index (χ0) is 14.8. The van der Waals surface area contributed by atoms with Crippen LogP contribution in [0, 0.1) is 5.82 Å². The van der Waals surface area contributed by atoms with E-state index < -0.39 is 17.8 Å². The molecule has 0 aliphatic rings. The summed E-state index contributed by atoms with van der Waals surface area (Å²) in [7, 11) is 0. The third-order valence-corrected chi connectivity index (χ3v) is 3.05. The average Bonchev–Trinajstić information content (AvgIpc) is 3.11. The second-order valence-electron chi connectivity index (χ2n) is 4.51. The molecular weight excluding hydrogens is 317 g/mol. The van der Waals surface area contributed by atoms with Crippen molar-refractivity contribution in [1.82, 2.24) is 19.1 Å². The van der Waals surface area contributed by atoms with Crippen molar-refractivity contribution in [1.29, 1.82) is 0 Å². The monoisotopic (exact) mass is 328 g/mol. The van der Waals surface area contributed by atoms with Gasteiger partial charge >= 0.3 is 0 Å². The lowest BCUT2D eigenvalue weighted by atomic mass is 10.2. The van der Waals surface area contributed by atoms with Gasteiger partial charge in [-0.1, -0.05) is 0 Å². The van der Waals surface area contributed by atoms with E-state index in [2.05, 4.69) is 9.97 Å². The van der Waals surface area contributed by atoms with Gasteiger partial charge in [0.05, 0.1) is 30.5 Å². The summed E-state index contributed by atoms with van der Waals surface area (Å²) in [6.07, 6.45) is 5.49. The average molecular weight is 329 g/mol. The molecule has 0 saturated carbocycles. The fourth-order valence-electron chi connectivity index (χ4n) is 2.01. The van der Waals surface area contributed by atoms with E-state index in [1.54, 1.807) is 29.5 Å². The van der Waals surface area contributed by atoms with Gasteiger partial charge in [0.2, 0.25) is 0 Å². The van der Waals surface area contributed by atoms with Crippen molar-refractivity contribution in [3.05, 3.63) is 66.5 Å². The molecule has 0 aliphatic heterocycles. The largest absolute Gasteiger partial charge is 0.331 e. The lowest BCUT2D eigenvalue weighted by Gasteiger charge is -2.06. The third-order valence-electron chi connectivity index (χ3n) is 3.05. The van der Waals surface area contributed by atoms with Crippen molar-refractivity contribution in [3.8, 4) is 5.69 Å². The Kier molecular flexibility index (Phi) is 4.87. The minimum Gasteiger partial charge on any atom is -0.331 e. The Morgan fingerprint density at radius 3 is 2.68 bits per heavy atom. The van der Waals surface area contributed by atoms with E-state index in [-0.39, 0.29) is 12.4 Å². The highest BCUT2D eigenvalue weighted by Crippen LogP contribution is 2.24. The first-order valence-corrected chi connectivity index (χ1v) is 6.20. The van der Waals surface area contributed by atoms with Gasteiger partial charge < -0.3 is 9.13 Å². The predicted octanol–water partition coefficient (Wildman–Crippen LogP) is 3.62. The summed E-state index contributed by atoms with van der Waals surface area (Å²) >= 11 is 0. The first kappa shape index (κ1) is 16.1. The summed E-state index contributed by atoms with van der Waals surface area (Å²) < 4.78 is 42.1. The molecule has 3 rings (SSSR count). The normalized spacial score (nSPS) is 10.7. The van der Waals surface area contributed by atoms with Crippen LogP contribution in [0.4, 0.5) is 13.2 Å². The number of alkyl halides is 2. The van der Waals surface area contributed by atoms with Crippen LogP contribution in [0.15, 0.2) is 49.4 Å². The molecule has 2 aromatic heterocycles. The van der Waals surface area contributed by atoms with Crippen LogP contribution >= 0.6 is 12.4 Å². The van der Waals surface area contributed by atoms with Crippen molar-refractivity contribution >= 4 is 12.4 Å². The lowest BCUT2D eigenvalue weighted by Crippen LogP contribution is -1.97. The van der Waals surface area contributed by atoms with Crippen molar-refractivity contribution in [2.75, 3.05) is 0 Å². The Bertz CT molecular complexity index is 740. The minimum absolute atomic E-state index is 0. The van der Waals surface area contributed by atoms with Gasteiger partial charge in [-0.25, -0.2) is 23.1 Å². The van der Waals surface area contributed by atoms with Crippen LogP contribution in [0.25, 0.3) is 5.69 Å². The molecule has 4 nitrogen and oxygen atoms in total. The van der Waals surface area contributed by atoms with Gasteiger partial charge in [0.1, 0.15) is 5.82 Å². The van der Waals surface area contributed by atoms with Gasteiger partial charge in [-0.2, -0.15) is 0 Å². The number of hydrogen-bond donors (Lipinski definition) is 0. The fourth-order valence-corrected chi connectivity index (χ4v) is 2.01. The highest BCUT2D eigenvalue weighted by Gasteiger charge is 2.14. The molecular formula is C14H12ClF3N4. The maximum absolute atomic E-state index is 13.3. The van der Waals surface area contributed by atoms with E-state index in [9.17, 15) is 13.2 Å². The van der Waals surface area contributed by atoms with E-state index in [1.165, 1.54) is 12.4 Å². The standard InChI is InChI=1S/C14H11F3N4.ClH/c15-13-2-1-11(5-12(13)14(16)17)21-7-10(19-9-21)6-20-4-3-18-8-20;/h1-5,7-9,14H,6H2;1H. The molecule has 0 bridgehead atoms. The number of imidazole rings is 2. The Morgan fingerprint density at radius 2 is 2.00 bits per heavy atom. The molecule has 0 amide bonds. The summed E-state index contributed by atoms with van der Waals surface area (Å²) in [6.45, 7) is 0.524. The fraction of sp³-hybridized carbons (Fsp3) is 0.143. The number of nitrogens with zero attached hydrogens (tertiary/aromatic N) is 4. The highest BCUT2D eigenvalue weighted by atomic mass is 35.5. The lowest BCUT2D eigenvalue weighted by molar-refractivity contribution is 0.146. The molecule has 0 N–H and O–H groups in total. The first-order chi connectivity index (χ1) is 10.1. The maximum atomic E-state index is 13.3. The van der Waals surface area contributed by atoms with Crippen LogP contribution in [-0.4, -0.2) is 19.1 Å². The maximum Gasteiger partial charge on any atom is 0.266 e. The van der Waals surface area contributed by atoms with Gasteiger partial charge in [-0.3, -0.25) is 0 Å². The molecule has 1 aromatic carbocycles. The topological polar surface area (TPSA) is 35.6 Å². The molecule has 0 unspecified atom stereocenters. The van der Waals surface area contributed by atoms with Crippen LogP contribution < -0.4 is 0 Å². The second kappa shape index (κ2) is 6.65. The number of hydrogen-bond acceptors (Lipinski definition) is 2. The number of halogens is 4. The van der Waals surface area contributed by atoms with Crippen LogP contribution in [0.3, 0.4) is 0 Å². The first-order valence-electron chi connectivity index (χ1n) is 6.20. The van der Waals surface area contributed by atoms with Gasteiger partial charge in [-0.15, -0.1) is 12.4 Å². The molecule has 0 aliphatic carbocycles. The van der Waals surface area contributed by atoms with Crippen LogP contribution in [-0.2, 0) is 6.54 Å². The molecule has 0 saturated heterocycles. The Labute approximate surface area is 130 Å². The number of aromatic nitrogens is 4. The molecule has 8 heteroatoms. The van der Waals surface area contributed by atoms with Crippen LogP contribution in [0.5, 0.6) is 0 Å². The minimum atomic E-state index is -2.85. The van der Waals surface area contributed by atoms with Crippen LogP contribution in [0.1, 0.15) is 17.7 Å². The SMILES string of the molecule is Cl.Fc1ccc(-n2cnc(Cn3ccnc3)c2)cc1C(F)F. The molecule has 0 radical (unpaired) electrons. The van der Waals surface area contributed by atoms with E-state index in [1.807, 2.05) is 4.57 Å². The summed E-state index contributed by atoms with van der Waals surface area (Å²) in [6, 6.07) is 3.60. The molecule has 0 fully saturated rings. The molecule has 3 aromatic rings. The number of benzene rings is 1. The quantitative estimate of drug-likeness (QED) is 0.733. The van der Waals surface area contributed by atoms with E-state index in [0.29, 0.717) is 12.2 Å². The Morgan fingerprint density at radius 1 is 1.18 bits per heavy atom. The summed E-state index contributed by atoms with van der Waals surface area (Å²) in [5, 5.41) is 0. The van der Waals surface area contributed by atoms with Gasteiger partial charge in [-0.05, 0) is 18.2 Å². The molecule has 2 heterocycles. The summed E-state index contributed by atoms with van der Waals surface area (Å²) in [5.41, 5.74) is 0.573. The van der Waals surface area contributed by atoms with Crippen molar-refractivity contribution in [2.24, 2.45) is 0 Å². The third kappa shape index (κ3) is 3.30. The summed E-state index contributed by atoms with van der Waals surface area (Å²) in [4.78, 5) is 8.12. The zero-order valence-electron chi connectivity index (χ0n) is 11.2. The van der Waals surface area contributed by atoms with Gasteiger partial charge in [0.25, 0.3) is 6.43 Å².